The summed E-state index contributed by atoms with van der Waals surface area (Å²) in [6.45, 7) is 7.32. The number of likely N-dealkylation sites (N-methyl/N-ethyl adjacent to an activating group) is 1. The standard InChI is InChI=1S/C13H17NO3S/c1-4-9-14(5-2)18(16,17)13-8-6-7-12(10-13)11(3)15/h4,6-8,10H,1,5,9H2,2-3H3. The van der Waals surface area contributed by atoms with Gasteiger partial charge in [0.1, 0.15) is 0 Å². The summed E-state index contributed by atoms with van der Waals surface area (Å²) in [6.07, 6.45) is 1.54. The molecule has 0 atom stereocenters. The van der Waals surface area contributed by atoms with Crippen molar-refractivity contribution in [2.45, 2.75) is 18.7 Å². The largest absolute Gasteiger partial charge is 0.295 e. The van der Waals surface area contributed by atoms with E-state index in [1.807, 2.05) is 0 Å². The van der Waals surface area contributed by atoms with E-state index in [2.05, 4.69) is 6.58 Å². The van der Waals surface area contributed by atoms with Gasteiger partial charge in [-0.1, -0.05) is 25.1 Å². The molecular weight excluding hydrogens is 250 g/mol. The number of ketones is 1. The molecule has 0 unspecified atom stereocenters. The lowest BCUT2D eigenvalue weighted by molar-refractivity contribution is 0.101. The van der Waals surface area contributed by atoms with Gasteiger partial charge in [0, 0.05) is 18.7 Å². The van der Waals surface area contributed by atoms with Gasteiger partial charge in [-0.15, -0.1) is 6.58 Å². The van der Waals surface area contributed by atoms with Gasteiger partial charge in [-0.3, -0.25) is 4.79 Å². The van der Waals surface area contributed by atoms with Crippen molar-refractivity contribution in [2.24, 2.45) is 0 Å². The van der Waals surface area contributed by atoms with Crippen molar-refractivity contribution in [1.29, 1.82) is 0 Å². The first-order valence-electron chi connectivity index (χ1n) is 5.65. The highest BCUT2D eigenvalue weighted by Gasteiger charge is 2.22. The molecule has 1 aromatic carbocycles. The van der Waals surface area contributed by atoms with Crippen LogP contribution in [0.2, 0.25) is 0 Å². The van der Waals surface area contributed by atoms with Crippen LogP contribution in [0.15, 0.2) is 41.8 Å². The number of sulfonamides is 1. The summed E-state index contributed by atoms with van der Waals surface area (Å²) in [5.74, 6) is -0.154. The SMILES string of the molecule is C=CCN(CC)S(=O)(=O)c1cccc(C(C)=O)c1. The van der Waals surface area contributed by atoms with Crippen molar-refractivity contribution < 1.29 is 13.2 Å². The van der Waals surface area contributed by atoms with Crippen LogP contribution < -0.4 is 0 Å². The average Bonchev–Trinajstić information content (AvgIpc) is 2.35. The third kappa shape index (κ3) is 3.05. The molecule has 0 heterocycles. The van der Waals surface area contributed by atoms with Gasteiger partial charge in [0.05, 0.1) is 4.90 Å². The number of hydrogen-bond acceptors (Lipinski definition) is 3. The highest BCUT2D eigenvalue weighted by Crippen LogP contribution is 2.17. The number of nitrogens with zero attached hydrogens (tertiary/aromatic N) is 1. The molecule has 5 heteroatoms. The predicted octanol–water partition coefficient (Wildman–Crippen LogP) is 2.09. The normalized spacial score (nSPS) is 11.5. The van der Waals surface area contributed by atoms with Crippen LogP contribution in [0, 0.1) is 0 Å². The smallest absolute Gasteiger partial charge is 0.243 e. The Morgan fingerprint density at radius 1 is 1.44 bits per heavy atom. The quantitative estimate of drug-likeness (QED) is 0.586. The highest BCUT2D eigenvalue weighted by atomic mass is 32.2. The first kappa shape index (κ1) is 14.6. The number of rotatable bonds is 6. The van der Waals surface area contributed by atoms with Crippen molar-refractivity contribution >= 4 is 15.8 Å². The lowest BCUT2D eigenvalue weighted by atomic mass is 10.2. The minimum absolute atomic E-state index is 0.138. The van der Waals surface area contributed by atoms with Crippen LogP contribution in [0.1, 0.15) is 24.2 Å². The molecule has 0 aliphatic heterocycles. The maximum atomic E-state index is 12.3. The Morgan fingerprint density at radius 3 is 2.61 bits per heavy atom. The highest BCUT2D eigenvalue weighted by molar-refractivity contribution is 7.89. The maximum absolute atomic E-state index is 12.3. The molecule has 4 nitrogen and oxygen atoms in total. The molecule has 0 bridgehead atoms. The Balaban J connectivity index is 3.23. The van der Waals surface area contributed by atoms with Crippen molar-refractivity contribution in [3.63, 3.8) is 0 Å². The zero-order valence-electron chi connectivity index (χ0n) is 10.6. The third-order valence-electron chi connectivity index (χ3n) is 2.56. The number of Topliss-reactive ketones (excluding diaryl/α,β-unsaturated/α-hetero) is 1. The van der Waals surface area contributed by atoms with Crippen LogP contribution in [0.4, 0.5) is 0 Å². The Hall–Kier alpha value is -1.46. The van der Waals surface area contributed by atoms with Crippen LogP contribution in [-0.4, -0.2) is 31.6 Å². The van der Waals surface area contributed by atoms with Gasteiger partial charge in [0.15, 0.2) is 5.78 Å². The monoisotopic (exact) mass is 267 g/mol. The average molecular weight is 267 g/mol. The lowest BCUT2D eigenvalue weighted by Gasteiger charge is -2.18. The zero-order valence-corrected chi connectivity index (χ0v) is 11.4. The molecule has 1 aromatic rings. The van der Waals surface area contributed by atoms with E-state index in [-0.39, 0.29) is 17.2 Å². The fraction of sp³-hybridized carbons (Fsp3) is 0.308. The van der Waals surface area contributed by atoms with Gasteiger partial charge in [-0.05, 0) is 19.1 Å². The second kappa shape index (κ2) is 5.93. The maximum Gasteiger partial charge on any atom is 0.243 e. The molecule has 0 saturated heterocycles. The van der Waals surface area contributed by atoms with Gasteiger partial charge in [-0.25, -0.2) is 8.42 Å². The van der Waals surface area contributed by atoms with E-state index < -0.39 is 10.0 Å². The van der Waals surface area contributed by atoms with E-state index in [4.69, 9.17) is 0 Å². The topological polar surface area (TPSA) is 54.5 Å². The summed E-state index contributed by atoms with van der Waals surface area (Å²) < 4.78 is 25.9. The van der Waals surface area contributed by atoms with E-state index in [9.17, 15) is 13.2 Å². The molecule has 0 fully saturated rings. The molecular formula is C13H17NO3S. The van der Waals surface area contributed by atoms with Gasteiger partial charge in [0.25, 0.3) is 0 Å². The van der Waals surface area contributed by atoms with E-state index in [1.54, 1.807) is 19.1 Å². The molecule has 0 aromatic heterocycles. The molecule has 18 heavy (non-hydrogen) atoms. The predicted molar refractivity (Wildman–Crippen MR) is 71.1 cm³/mol. The molecule has 0 radical (unpaired) electrons. The van der Waals surface area contributed by atoms with Crippen LogP contribution >= 0.6 is 0 Å². The molecule has 0 N–H and O–H groups in total. The van der Waals surface area contributed by atoms with Crippen molar-refractivity contribution in [2.75, 3.05) is 13.1 Å². The van der Waals surface area contributed by atoms with Gasteiger partial charge in [-0.2, -0.15) is 4.31 Å². The molecule has 1 rings (SSSR count). The molecule has 0 saturated carbocycles. The van der Waals surface area contributed by atoms with Crippen LogP contribution in [0.3, 0.4) is 0 Å². The molecule has 98 valence electrons. The minimum Gasteiger partial charge on any atom is -0.295 e. The molecule has 0 amide bonds. The van der Waals surface area contributed by atoms with Crippen molar-refractivity contribution in [3.8, 4) is 0 Å². The molecule has 0 spiro atoms. The summed E-state index contributed by atoms with van der Waals surface area (Å²) in [4.78, 5) is 11.4. The Labute approximate surface area is 108 Å². The third-order valence-corrected chi connectivity index (χ3v) is 4.50. The second-order valence-corrected chi connectivity index (χ2v) is 5.77. The lowest BCUT2D eigenvalue weighted by Crippen LogP contribution is -2.31. The van der Waals surface area contributed by atoms with Gasteiger partial charge < -0.3 is 0 Å². The summed E-state index contributed by atoms with van der Waals surface area (Å²) in [5, 5.41) is 0. The van der Waals surface area contributed by atoms with Crippen molar-refractivity contribution in [3.05, 3.63) is 42.5 Å². The van der Waals surface area contributed by atoms with Gasteiger partial charge >= 0.3 is 0 Å². The Morgan fingerprint density at radius 2 is 2.11 bits per heavy atom. The zero-order chi connectivity index (χ0) is 13.8. The minimum atomic E-state index is -3.56. The van der Waals surface area contributed by atoms with E-state index in [0.29, 0.717) is 12.1 Å². The van der Waals surface area contributed by atoms with Gasteiger partial charge in [0.2, 0.25) is 10.0 Å². The van der Waals surface area contributed by atoms with E-state index in [0.717, 1.165) is 0 Å². The fourth-order valence-corrected chi connectivity index (χ4v) is 3.03. The summed E-state index contributed by atoms with van der Waals surface area (Å²) in [7, 11) is -3.56. The van der Waals surface area contributed by atoms with Crippen LogP contribution in [0.5, 0.6) is 0 Å². The first-order valence-corrected chi connectivity index (χ1v) is 7.09. The first-order chi connectivity index (χ1) is 8.43. The summed E-state index contributed by atoms with van der Waals surface area (Å²) in [5.41, 5.74) is 0.394. The second-order valence-electron chi connectivity index (χ2n) is 3.83. The van der Waals surface area contributed by atoms with E-state index >= 15 is 0 Å². The Kier molecular flexibility index (Phi) is 4.81. The summed E-state index contributed by atoms with van der Waals surface area (Å²) in [6, 6.07) is 6.08. The number of benzene rings is 1. The fourth-order valence-electron chi connectivity index (χ4n) is 1.57. The molecule has 0 aliphatic carbocycles. The molecule has 0 aliphatic rings. The Bertz CT molecular complexity index is 549. The number of carbonyl (C=O) groups is 1. The van der Waals surface area contributed by atoms with Crippen LogP contribution in [0.25, 0.3) is 0 Å². The summed E-state index contributed by atoms with van der Waals surface area (Å²) >= 11 is 0. The van der Waals surface area contributed by atoms with Crippen LogP contribution in [-0.2, 0) is 10.0 Å². The van der Waals surface area contributed by atoms with E-state index in [1.165, 1.54) is 29.4 Å². The number of carbonyl (C=O) groups excluding carboxylic acids is 1. The van der Waals surface area contributed by atoms with Crippen molar-refractivity contribution in [1.82, 2.24) is 4.31 Å². The number of hydrogen-bond donors (Lipinski definition) is 0.